The van der Waals surface area contributed by atoms with Crippen molar-refractivity contribution in [2.24, 2.45) is 11.8 Å². The normalized spacial score (nSPS) is 18.7. The number of aromatic nitrogens is 3. The lowest BCUT2D eigenvalue weighted by atomic mass is 9.82. The van der Waals surface area contributed by atoms with Crippen molar-refractivity contribution in [1.29, 1.82) is 0 Å². The molecule has 1 aliphatic carbocycles. The Bertz CT molecular complexity index is 1030. The Kier molecular flexibility index (Phi) is 6.61. The number of benzene rings is 1. The molecule has 9 heteroatoms. The molecule has 0 atom stereocenters. The Hall–Kier alpha value is -3.20. The molecule has 2 heterocycles. The van der Waals surface area contributed by atoms with Crippen molar-refractivity contribution in [3.05, 3.63) is 52.3 Å². The van der Waals surface area contributed by atoms with Gasteiger partial charge in [0.25, 0.3) is 0 Å². The number of anilines is 2. The van der Waals surface area contributed by atoms with E-state index in [2.05, 4.69) is 43.5 Å². The smallest absolute Gasteiger partial charge is 0.329 e. The highest BCUT2D eigenvalue weighted by Crippen LogP contribution is 2.29. The molecule has 3 aromatic rings. The number of rotatable bonds is 9. The third-order valence-electron chi connectivity index (χ3n) is 6.25. The number of aromatic amines is 1. The van der Waals surface area contributed by atoms with Gasteiger partial charge in [0.05, 0.1) is 11.5 Å². The second-order valence-electron chi connectivity index (χ2n) is 8.28. The van der Waals surface area contributed by atoms with Crippen molar-refractivity contribution in [3.8, 4) is 0 Å². The van der Waals surface area contributed by atoms with Crippen LogP contribution in [-0.4, -0.2) is 39.5 Å². The number of fused-ring (bicyclic) bond motifs is 1. The van der Waals surface area contributed by atoms with Gasteiger partial charge in [0.15, 0.2) is 0 Å². The summed E-state index contributed by atoms with van der Waals surface area (Å²) >= 11 is 0. The lowest BCUT2D eigenvalue weighted by Crippen LogP contribution is -2.54. The predicted molar refractivity (Wildman–Crippen MR) is 121 cm³/mol. The monoisotopic (exact) mass is 424 g/mol. The van der Waals surface area contributed by atoms with E-state index in [-0.39, 0.29) is 11.5 Å². The molecule has 4 rings (SSSR count). The van der Waals surface area contributed by atoms with E-state index in [1.807, 2.05) is 18.3 Å². The van der Waals surface area contributed by atoms with Crippen LogP contribution in [0, 0.1) is 22.0 Å². The molecule has 0 saturated heterocycles. The number of nitro groups is 1. The van der Waals surface area contributed by atoms with Crippen LogP contribution in [0.15, 0.2) is 36.7 Å². The highest BCUT2D eigenvalue weighted by atomic mass is 16.6. The first-order valence-corrected chi connectivity index (χ1v) is 11.0. The summed E-state index contributed by atoms with van der Waals surface area (Å²) in [6, 6.07) is 8.17. The molecule has 0 radical (unpaired) electrons. The van der Waals surface area contributed by atoms with E-state index in [0.717, 1.165) is 37.2 Å². The van der Waals surface area contributed by atoms with Gasteiger partial charge in [0.1, 0.15) is 6.20 Å². The summed E-state index contributed by atoms with van der Waals surface area (Å²) in [7, 11) is 0. The summed E-state index contributed by atoms with van der Waals surface area (Å²) in [5.74, 6) is 1.91. The number of H-pyrrole nitrogens is 1. The Morgan fingerprint density at radius 3 is 2.71 bits per heavy atom. The van der Waals surface area contributed by atoms with E-state index in [1.54, 1.807) is 0 Å². The first kappa shape index (κ1) is 21.0. The third kappa shape index (κ3) is 5.11. The van der Waals surface area contributed by atoms with E-state index in [9.17, 15) is 10.1 Å². The highest BCUT2D eigenvalue weighted by molar-refractivity contribution is 5.83. The second kappa shape index (κ2) is 9.74. The Balaban J connectivity index is 1.36. The molecule has 0 aliphatic heterocycles. The van der Waals surface area contributed by atoms with Crippen LogP contribution in [0.2, 0.25) is 0 Å². The first-order valence-electron chi connectivity index (χ1n) is 11.0. The molecule has 0 amide bonds. The van der Waals surface area contributed by atoms with Gasteiger partial charge in [-0.2, -0.15) is 4.98 Å². The van der Waals surface area contributed by atoms with Gasteiger partial charge in [-0.1, -0.05) is 18.2 Å². The molecule has 164 valence electrons. The largest absolute Gasteiger partial charge is 0.364 e. The Morgan fingerprint density at radius 2 is 1.94 bits per heavy atom. The van der Waals surface area contributed by atoms with Gasteiger partial charge in [-0.05, 0) is 49.7 Å². The molecule has 0 spiro atoms. The second-order valence-corrected chi connectivity index (χ2v) is 8.28. The molecule has 1 saturated carbocycles. The van der Waals surface area contributed by atoms with Crippen molar-refractivity contribution in [2.75, 3.05) is 30.3 Å². The van der Waals surface area contributed by atoms with Crippen LogP contribution in [0.1, 0.15) is 31.2 Å². The van der Waals surface area contributed by atoms with Gasteiger partial charge in [0.2, 0.25) is 11.8 Å². The maximum atomic E-state index is 11.4. The van der Waals surface area contributed by atoms with E-state index in [4.69, 9.17) is 0 Å². The van der Waals surface area contributed by atoms with Gasteiger partial charge < -0.3 is 21.4 Å². The molecule has 0 unspecified atom stereocenters. The Morgan fingerprint density at radius 1 is 1.16 bits per heavy atom. The van der Waals surface area contributed by atoms with Crippen molar-refractivity contribution in [3.63, 3.8) is 0 Å². The number of nitrogens with one attached hydrogen (secondary N) is 3. The van der Waals surface area contributed by atoms with Crippen LogP contribution in [0.3, 0.4) is 0 Å². The Labute approximate surface area is 181 Å². The fourth-order valence-electron chi connectivity index (χ4n) is 4.34. The van der Waals surface area contributed by atoms with E-state index in [1.165, 1.54) is 30.0 Å². The zero-order valence-electron chi connectivity index (χ0n) is 17.6. The van der Waals surface area contributed by atoms with Crippen LogP contribution < -0.4 is 16.4 Å². The summed E-state index contributed by atoms with van der Waals surface area (Å²) < 4.78 is 0. The minimum atomic E-state index is -0.433. The molecule has 9 nitrogen and oxygen atoms in total. The average Bonchev–Trinajstić information content (AvgIpc) is 3.21. The molecule has 2 aromatic heterocycles. The van der Waals surface area contributed by atoms with Crippen molar-refractivity contribution in [1.82, 2.24) is 15.0 Å². The summed E-state index contributed by atoms with van der Waals surface area (Å²) in [6.45, 7) is 2.32. The summed E-state index contributed by atoms with van der Waals surface area (Å²) in [5, 5.41) is 19.0. The topological polar surface area (TPSA) is 136 Å². The number of hydrogen-bond donors (Lipinski definition) is 4. The lowest BCUT2D eigenvalue weighted by molar-refractivity contribution is -0.384. The molecule has 0 bridgehead atoms. The summed E-state index contributed by atoms with van der Waals surface area (Å²) in [4.78, 5) is 22.8. The van der Waals surface area contributed by atoms with Gasteiger partial charge >= 0.3 is 5.69 Å². The lowest BCUT2D eigenvalue weighted by Gasteiger charge is -2.26. The van der Waals surface area contributed by atoms with Gasteiger partial charge in [-0.25, -0.2) is 4.98 Å². The molecular weight excluding hydrogens is 394 g/mol. The molecule has 31 heavy (non-hydrogen) atoms. The molecule has 1 aromatic carbocycles. The van der Waals surface area contributed by atoms with Crippen LogP contribution in [0.5, 0.6) is 0 Å². The quantitative estimate of drug-likeness (QED) is 0.308. The van der Waals surface area contributed by atoms with E-state index in [0.29, 0.717) is 25.0 Å². The van der Waals surface area contributed by atoms with Gasteiger partial charge in [0, 0.05) is 36.1 Å². The maximum Gasteiger partial charge on any atom is 0.329 e. The van der Waals surface area contributed by atoms with Crippen LogP contribution in [-0.2, 0) is 6.42 Å². The minimum absolute atomic E-state index is 0.0892. The molecule has 1 fully saturated rings. The highest BCUT2D eigenvalue weighted by Gasteiger charge is 2.23. The van der Waals surface area contributed by atoms with Crippen molar-refractivity contribution < 1.29 is 10.7 Å². The van der Waals surface area contributed by atoms with Crippen molar-refractivity contribution in [2.45, 2.75) is 32.1 Å². The summed E-state index contributed by atoms with van der Waals surface area (Å²) in [6.07, 6.45) is 8.71. The zero-order chi connectivity index (χ0) is 21.6. The van der Waals surface area contributed by atoms with Gasteiger partial charge in [-0.3, -0.25) is 10.1 Å². The average molecular weight is 425 g/mol. The fourth-order valence-corrected chi connectivity index (χ4v) is 4.34. The first-order chi connectivity index (χ1) is 15.1. The van der Waals surface area contributed by atoms with Gasteiger partial charge in [-0.15, -0.1) is 0 Å². The molecule has 1 aliphatic rings. The van der Waals surface area contributed by atoms with Crippen LogP contribution >= 0.6 is 0 Å². The minimum Gasteiger partial charge on any atom is -0.364 e. The number of hydrogen-bond acceptors (Lipinski definition) is 6. The summed E-state index contributed by atoms with van der Waals surface area (Å²) in [5.41, 5.74) is 6.24. The molecule has 6 N–H and O–H groups in total. The predicted octanol–water partition coefficient (Wildman–Crippen LogP) is 2.98. The SMILES string of the molecule is [NH3+]CC1CCC(CNc2nc(NCCc3c[nH]c4ccccc34)ncc2[N+](=O)[O-])CC1. The number of nitrogens with zero attached hydrogens (tertiary/aromatic N) is 3. The third-order valence-corrected chi connectivity index (χ3v) is 6.25. The number of para-hydroxylation sites is 1. The van der Waals surface area contributed by atoms with Crippen LogP contribution in [0.4, 0.5) is 17.5 Å². The van der Waals surface area contributed by atoms with Crippen LogP contribution in [0.25, 0.3) is 10.9 Å². The standard InChI is InChI=1S/C22H29N7O2/c23-11-15-5-7-16(8-6-15)12-26-21-20(29(30)31)14-27-22(28-21)24-10-9-17-13-25-19-4-2-1-3-18(17)19/h1-4,13-16,25H,5-12,23H2,(H2,24,26,27,28)/p+1. The molecular formula is C22H30N7O2+. The van der Waals surface area contributed by atoms with E-state index < -0.39 is 4.92 Å². The fraction of sp³-hybridized carbons (Fsp3) is 0.455. The zero-order valence-corrected chi connectivity index (χ0v) is 17.6. The van der Waals surface area contributed by atoms with Crippen molar-refractivity contribution >= 4 is 28.4 Å². The number of quaternary nitrogens is 1. The van der Waals surface area contributed by atoms with E-state index >= 15 is 0 Å². The maximum absolute atomic E-state index is 11.4.